The Morgan fingerprint density at radius 3 is 2.71 bits per heavy atom. The number of esters is 1. The first-order valence-electron chi connectivity index (χ1n) is 6.90. The van der Waals surface area contributed by atoms with Crippen LogP contribution in [0.15, 0.2) is 18.2 Å². The van der Waals surface area contributed by atoms with Gasteiger partial charge in [0.15, 0.2) is 0 Å². The Kier molecular flexibility index (Phi) is 6.68. The molecule has 0 fully saturated rings. The Labute approximate surface area is 124 Å². The molecule has 116 valence electrons. The number of hydrogen-bond donors (Lipinski definition) is 3. The van der Waals surface area contributed by atoms with Gasteiger partial charge in [-0.25, -0.2) is 0 Å². The van der Waals surface area contributed by atoms with Crippen LogP contribution >= 0.6 is 0 Å². The summed E-state index contributed by atoms with van der Waals surface area (Å²) in [7, 11) is 1.32. The molecule has 1 unspecified atom stereocenters. The molecule has 6 heteroatoms. The second kappa shape index (κ2) is 8.26. The van der Waals surface area contributed by atoms with Gasteiger partial charge in [-0.15, -0.1) is 0 Å². The molecule has 0 radical (unpaired) electrons. The lowest BCUT2D eigenvalue weighted by molar-refractivity contribution is -0.139. The van der Waals surface area contributed by atoms with Crippen molar-refractivity contribution in [2.75, 3.05) is 19.0 Å². The molecule has 6 nitrogen and oxygen atoms in total. The number of anilines is 1. The fourth-order valence-electron chi connectivity index (χ4n) is 1.85. The first-order valence-corrected chi connectivity index (χ1v) is 6.90. The Morgan fingerprint density at radius 1 is 1.38 bits per heavy atom. The van der Waals surface area contributed by atoms with Crippen LogP contribution in [0, 0.1) is 0 Å². The van der Waals surface area contributed by atoms with Crippen molar-refractivity contribution in [2.45, 2.75) is 32.7 Å². The minimum absolute atomic E-state index is 0.0452. The second-order valence-corrected chi connectivity index (χ2v) is 4.75. The third-order valence-electron chi connectivity index (χ3n) is 3.04. The Balaban J connectivity index is 2.76. The molecule has 1 rings (SSSR count). The topological polar surface area (TPSA) is 87.7 Å². The van der Waals surface area contributed by atoms with Crippen LogP contribution in [0.4, 0.5) is 5.69 Å². The molecule has 21 heavy (non-hydrogen) atoms. The second-order valence-electron chi connectivity index (χ2n) is 4.75. The maximum absolute atomic E-state index is 11.6. The number of aromatic hydroxyl groups is 1. The summed E-state index contributed by atoms with van der Waals surface area (Å²) in [5, 5.41) is 15.6. The van der Waals surface area contributed by atoms with E-state index in [0.717, 1.165) is 6.42 Å². The molecule has 1 aromatic rings. The summed E-state index contributed by atoms with van der Waals surface area (Å²) >= 11 is 0. The largest absolute Gasteiger partial charge is 0.508 e. The van der Waals surface area contributed by atoms with Crippen LogP contribution in [0.5, 0.6) is 5.75 Å². The summed E-state index contributed by atoms with van der Waals surface area (Å²) in [4.78, 5) is 22.7. The molecular formula is C15H22N2O4. The van der Waals surface area contributed by atoms with Gasteiger partial charge in [-0.1, -0.05) is 6.92 Å². The monoisotopic (exact) mass is 294 g/mol. The fraction of sp³-hybridized carbons (Fsp3) is 0.467. The highest BCUT2D eigenvalue weighted by atomic mass is 16.5. The number of rotatable bonds is 7. The SMILES string of the molecule is CCCC(=O)Nc1ccc(O)c(C(C)NCC(=O)OC)c1. The van der Waals surface area contributed by atoms with Gasteiger partial charge in [-0.2, -0.15) is 0 Å². The van der Waals surface area contributed by atoms with Crippen molar-refractivity contribution in [1.82, 2.24) is 5.32 Å². The first-order chi connectivity index (χ1) is 9.97. The Morgan fingerprint density at radius 2 is 2.10 bits per heavy atom. The minimum atomic E-state index is -0.381. The number of carbonyl (C=O) groups is 2. The average molecular weight is 294 g/mol. The highest BCUT2D eigenvalue weighted by molar-refractivity contribution is 5.90. The predicted octanol–water partition coefficient (Wildman–Crippen LogP) is 1.95. The van der Waals surface area contributed by atoms with E-state index in [1.54, 1.807) is 12.1 Å². The van der Waals surface area contributed by atoms with Gasteiger partial charge in [0.2, 0.25) is 5.91 Å². The normalized spacial score (nSPS) is 11.8. The first kappa shape index (κ1) is 17.0. The van der Waals surface area contributed by atoms with E-state index in [4.69, 9.17) is 0 Å². The summed E-state index contributed by atoms with van der Waals surface area (Å²) in [5.41, 5.74) is 1.22. The van der Waals surface area contributed by atoms with Crippen LogP contribution in [0.3, 0.4) is 0 Å². The van der Waals surface area contributed by atoms with Crippen molar-refractivity contribution >= 4 is 17.6 Å². The average Bonchev–Trinajstić information content (AvgIpc) is 2.46. The van der Waals surface area contributed by atoms with E-state index in [1.807, 2.05) is 13.8 Å². The highest BCUT2D eigenvalue weighted by Gasteiger charge is 2.13. The lowest BCUT2D eigenvalue weighted by Crippen LogP contribution is -2.26. The van der Waals surface area contributed by atoms with Crippen LogP contribution in [0.1, 0.15) is 38.3 Å². The quantitative estimate of drug-likeness (QED) is 0.528. The predicted molar refractivity (Wildman–Crippen MR) is 80.1 cm³/mol. The third-order valence-corrected chi connectivity index (χ3v) is 3.04. The van der Waals surface area contributed by atoms with Gasteiger partial charge in [0.1, 0.15) is 5.75 Å². The summed E-state index contributed by atoms with van der Waals surface area (Å²) in [6, 6.07) is 4.59. The molecular weight excluding hydrogens is 272 g/mol. The molecule has 1 amide bonds. The smallest absolute Gasteiger partial charge is 0.319 e. The Hall–Kier alpha value is -2.08. The number of carbonyl (C=O) groups excluding carboxylic acids is 2. The molecule has 1 aromatic carbocycles. The van der Waals surface area contributed by atoms with E-state index >= 15 is 0 Å². The van der Waals surface area contributed by atoms with E-state index in [-0.39, 0.29) is 30.2 Å². The third kappa shape index (κ3) is 5.43. The number of amides is 1. The van der Waals surface area contributed by atoms with Crippen LogP contribution in [0.2, 0.25) is 0 Å². The molecule has 0 saturated carbocycles. The van der Waals surface area contributed by atoms with E-state index in [9.17, 15) is 14.7 Å². The summed E-state index contributed by atoms with van der Waals surface area (Å²) < 4.78 is 4.55. The van der Waals surface area contributed by atoms with Gasteiger partial charge >= 0.3 is 5.97 Å². The molecule has 0 aliphatic rings. The number of phenols is 1. The zero-order chi connectivity index (χ0) is 15.8. The summed E-state index contributed by atoms with van der Waals surface area (Å²) in [6.45, 7) is 3.79. The summed E-state index contributed by atoms with van der Waals surface area (Å²) in [6.07, 6.45) is 1.22. The van der Waals surface area contributed by atoms with E-state index < -0.39 is 0 Å². The Bertz CT molecular complexity index is 502. The van der Waals surface area contributed by atoms with E-state index in [0.29, 0.717) is 17.7 Å². The van der Waals surface area contributed by atoms with Crippen molar-refractivity contribution in [1.29, 1.82) is 0 Å². The fourth-order valence-corrected chi connectivity index (χ4v) is 1.85. The lowest BCUT2D eigenvalue weighted by atomic mass is 10.1. The van der Waals surface area contributed by atoms with Gasteiger partial charge in [-0.3, -0.25) is 9.59 Å². The number of ether oxygens (including phenoxy) is 1. The van der Waals surface area contributed by atoms with Crippen molar-refractivity contribution in [3.05, 3.63) is 23.8 Å². The highest BCUT2D eigenvalue weighted by Crippen LogP contribution is 2.27. The van der Waals surface area contributed by atoms with Crippen LogP contribution in [-0.2, 0) is 14.3 Å². The van der Waals surface area contributed by atoms with Crippen LogP contribution in [-0.4, -0.2) is 30.6 Å². The number of benzene rings is 1. The van der Waals surface area contributed by atoms with Gasteiger partial charge in [0.05, 0.1) is 13.7 Å². The van der Waals surface area contributed by atoms with Crippen molar-refractivity contribution in [2.24, 2.45) is 0 Å². The number of methoxy groups -OCH3 is 1. The van der Waals surface area contributed by atoms with Gasteiger partial charge in [0.25, 0.3) is 0 Å². The molecule has 0 aliphatic carbocycles. The van der Waals surface area contributed by atoms with Gasteiger partial charge in [-0.05, 0) is 31.5 Å². The van der Waals surface area contributed by atoms with Crippen molar-refractivity contribution in [3.63, 3.8) is 0 Å². The zero-order valence-corrected chi connectivity index (χ0v) is 12.6. The molecule has 0 bridgehead atoms. The number of hydrogen-bond acceptors (Lipinski definition) is 5. The molecule has 0 aromatic heterocycles. The number of phenolic OH excluding ortho intramolecular Hbond substituents is 1. The van der Waals surface area contributed by atoms with E-state index in [1.165, 1.54) is 13.2 Å². The van der Waals surface area contributed by atoms with Crippen LogP contribution in [0.25, 0.3) is 0 Å². The van der Waals surface area contributed by atoms with Gasteiger partial charge in [0, 0.05) is 23.7 Å². The standard InChI is InChI=1S/C15H22N2O4/c1-4-5-14(19)17-11-6-7-13(18)12(8-11)10(2)16-9-15(20)21-3/h6-8,10,16,18H,4-5,9H2,1-3H3,(H,17,19). The molecule has 0 spiro atoms. The summed E-state index contributed by atoms with van der Waals surface area (Å²) in [5.74, 6) is -0.341. The maximum Gasteiger partial charge on any atom is 0.319 e. The van der Waals surface area contributed by atoms with Crippen LogP contribution < -0.4 is 10.6 Å². The lowest BCUT2D eigenvalue weighted by Gasteiger charge is -2.16. The van der Waals surface area contributed by atoms with Gasteiger partial charge < -0.3 is 20.5 Å². The molecule has 1 atom stereocenters. The zero-order valence-electron chi connectivity index (χ0n) is 12.6. The maximum atomic E-state index is 11.6. The molecule has 0 aliphatic heterocycles. The molecule has 0 heterocycles. The molecule has 3 N–H and O–H groups in total. The van der Waals surface area contributed by atoms with Crippen molar-refractivity contribution < 1.29 is 19.4 Å². The number of nitrogens with one attached hydrogen (secondary N) is 2. The van der Waals surface area contributed by atoms with E-state index in [2.05, 4.69) is 15.4 Å². The van der Waals surface area contributed by atoms with Crippen molar-refractivity contribution in [3.8, 4) is 5.75 Å². The molecule has 0 saturated heterocycles. The minimum Gasteiger partial charge on any atom is -0.508 e.